The van der Waals surface area contributed by atoms with Crippen LogP contribution in [0.25, 0.3) is 49.3 Å². The van der Waals surface area contributed by atoms with Crippen LogP contribution < -0.4 is 0 Å². The minimum absolute atomic E-state index is 0.0775. The number of nitrogens with zero attached hydrogens (tertiary/aromatic N) is 2. The summed E-state index contributed by atoms with van der Waals surface area (Å²) < 4.78 is 18.2. The highest BCUT2D eigenvalue weighted by Crippen LogP contribution is 2.44. The molecule has 202 valence electrons. The quantitative estimate of drug-likeness (QED) is 0.211. The Hall–Kier alpha value is -4.06. The van der Waals surface area contributed by atoms with Gasteiger partial charge in [-0.3, -0.25) is 0 Å². The first-order chi connectivity index (χ1) is 19.8. The maximum absolute atomic E-state index is 6.65. The monoisotopic (exact) mass is 536 g/mol. The van der Waals surface area contributed by atoms with E-state index in [1.807, 2.05) is 0 Å². The molecule has 6 aromatic rings. The molecule has 4 nitrogen and oxygen atoms in total. The molecule has 0 N–H and O–H groups in total. The molecule has 0 spiro atoms. The van der Waals surface area contributed by atoms with E-state index >= 15 is 0 Å². The minimum atomic E-state index is -0.410. The van der Waals surface area contributed by atoms with E-state index < -0.39 is 18.3 Å². The lowest BCUT2D eigenvalue weighted by Gasteiger charge is -2.32. The van der Waals surface area contributed by atoms with Crippen LogP contribution in [0.3, 0.4) is 0 Å². The van der Waals surface area contributed by atoms with Gasteiger partial charge >= 0.3 is 7.12 Å². The summed E-state index contributed by atoms with van der Waals surface area (Å²) >= 11 is 0. The third kappa shape index (κ3) is 3.62. The number of hydrogen-bond donors (Lipinski definition) is 0. The van der Waals surface area contributed by atoms with Crippen molar-refractivity contribution >= 4 is 56.4 Å². The lowest BCUT2D eigenvalue weighted by molar-refractivity contribution is 0.00578. The van der Waals surface area contributed by atoms with E-state index in [1.165, 1.54) is 43.6 Å². The van der Waals surface area contributed by atoms with Gasteiger partial charge in [-0.2, -0.15) is 0 Å². The van der Waals surface area contributed by atoms with Crippen molar-refractivity contribution in [2.24, 2.45) is 0 Å². The van der Waals surface area contributed by atoms with E-state index in [0.29, 0.717) is 0 Å². The number of para-hydroxylation sites is 4. The summed E-state index contributed by atoms with van der Waals surface area (Å²) in [6.07, 6.45) is 5.55. The van der Waals surface area contributed by atoms with Crippen molar-refractivity contribution in [1.29, 1.82) is 0 Å². The third-order valence-electron chi connectivity index (χ3n) is 9.48. The molecule has 0 saturated carbocycles. The van der Waals surface area contributed by atoms with Gasteiger partial charge in [-0.1, -0.05) is 72.8 Å². The second-order valence-corrected chi connectivity index (χ2v) is 12.4. The lowest BCUT2D eigenvalue weighted by Crippen LogP contribution is -2.41. The summed E-state index contributed by atoms with van der Waals surface area (Å²) in [7, 11) is -0.410. The Morgan fingerprint density at radius 3 is 1.51 bits per heavy atom. The normalized spacial score (nSPS) is 20.3. The fourth-order valence-electron chi connectivity index (χ4n) is 6.77. The molecule has 0 amide bonds. The SMILES string of the molecule is CC1(C)OB(C2=CC(n3c4ccccc4c4ccccc43)=CC(n3c4ccccc4c4ccccc43)C2)OC1(C)C. The largest absolute Gasteiger partial charge is 0.490 e. The van der Waals surface area contributed by atoms with Gasteiger partial charge in [0.25, 0.3) is 0 Å². The molecule has 2 aliphatic rings. The summed E-state index contributed by atoms with van der Waals surface area (Å²) in [5.41, 5.74) is 6.38. The Morgan fingerprint density at radius 1 is 0.610 bits per heavy atom. The summed E-state index contributed by atoms with van der Waals surface area (Å²) in [5, 5.41) is 5.07. The minimum Gasteiger partial charge on any atom is -0.400 e. The number of benzene rings is 4. The Kier molecular flexibility index (Phi) is 5.26. The molecule has 1 aliphatic carbocycles. The Labute approximate surface area is 240 Å². The maximum atomic E-state index is 6.65. The van der Waals surface area contributed by atoms with Gasteiger partial charge in [-0.05, 0) is 76.0 Å². The molecule has 1 unspecified atom stereocenters. The summed E-state index contributed by atoms with van der Waals surface area (Å²) in [5.74, 6) is 0. The van der Waals surface area contributed by atoms with Crippen LogP contribution in [0.1, 0.15) is 40.2 Å². The van der Waals surface area contributed by atoms with Crippen LogP contribution in [-0.4, -0.2) is 27.5 Å². The predicted molar refractivity (Wildman–Crippen MR) is 171 cm³/mol. The molecule has 1 saturated heterocycles. The van der Waals surface area contributed by atoms with Crippen molar-refractivity contribution in [2.75, 3.05) is 0 Å². The van der Waals surface area contributed by atoms with Gasteiger partial charge in [0.1, 0.15) is 0 Å². The highest BCUT2D eigenvalue weighted by Gasteiger charge is 2.52. The van der Waals surface area contributed by atoms with Crippen LogP contribution in [0, 0.1) is 0 Å². The summed E-state index contributed by atoms with van der Waals surface area (Å²) in [6, 6.07) is 35.0. The third-order valence-corrected chi connectivity index (χ3v) is 9.48. The van der Waals surface area contributed by atoms with Crippen molar-refractivity contribution in [1.82, 2.24) is 9.13 Å². The molecule has 0 radical (unpaired) electrons. The number of hydrogen-bond acceptors (Lipinski definition) is 2. The van der Waals surface area contributed by atoms with Crippen molar-refractivity contribution in [3.8, 4) is 0 Å². The van der Waals surface area contributed by atoms with E-state index in [2.05, 4.69) is 146 Å². The maximum Gasteiger partial charge on any atom is 0.490 e. The van der Waals surface area contributed by atoms with Gasteiger partial charge in [-0.15, -0.1) is 0 Å². The molecular formula is C36H33BN2O2. The van der Waals surface area contributed by atoms with Crippen LogP contribution in [0.15, 0.2) is 115 Å². The highest BCUT2D eigenvalue weighted by molar-refractivity contribution is 6.55. The molecule has 1 atom stereocenters. The van der Waals surface area contributed by atoms with Gasteiger partial charge in [0, 0.05) is 38.3 Å². The van der Waals surface area contributed by atoms with Crippen molar-refractivity contribution in [3.05, 3.63) is 115 Å². The Balaban J connectivity index is 1.39. The standard InChI is InChI=1S/C36H33BN2O2/c1-35(2)36(3,4)41-37(40-35)24-21-25(38-31-17-9-5-13-27(31)28-14-6-10-18-32(28)38)23-26(22-24)39-33-19-11-7-15-29(33)30-16-8-12-20-34(30)39/h5-21,23,26H,22H2,1-4H3. The van der Waals surface area contributed by atoms with Crippen LogP contribution in [-0.2, 0) is 9.31 Å². The number of fused-ring (bicyclic) bond motifs is 6. The van der Waals surface area contributed by atoms with Gasteiger partial charge in [-0.25, -0.2) is 0 Å². The zero-order valence-electron chi connectivity index (χ0n) is 24.0. The fraction of sp³-hybridized carbons (Fsp3) is 0.222. The van der Waals surface area contributed by atoms with Gasteiger partial charge in [0.15, 0.2) is 0 Å². The van der Waals surface area contributed by atoms with E-state index in [-0.39, 0.29) is 6.04 Å². The predicted octanol–water partition coefficient (Wildman–Crippen LogP) is 8.95. The van der Waals surface area contributed by atoms with Crippen molar-refractivity contribution in [3.63, 3.8) is 0 Å². The molecule has 8 rings (SSSR count). The van der Waals surface area contributed by atoms with Crippen molar-refractivity contribution < 1.29 is 9.31 Å². The zero-order valence-corrected chi connectivity index (χ0v) is 24.0. The molecule has 41 heavy (non-hydrogen) atoms. The van der Waals surface area contributed by atoms with Crippen LogP contribution in [0.4, 0.5) is 0 Å². The van der Waals surface area contributed by atoms with E-state index in [0.717, 1.165) is 17.6 Å². The zero-order chi connectivity index (χ0) is 27.9. The lowest BCUT2D eigenvalue weighted by atomic mass is 9.72. The molecule has 1 fully saturated rings. The molecule has 2 aromatic heterocycles. The van der Waals surface area contributed by atoms with Gasteiger partial charge < -0.3 is 18.4 Å². The second kappa shape index (κ2) is 8.72. The fourth-order valence-corrected chi connectivity index (χ4v) is 6.77. The van der Waals surface area contributed by atoms with Crippen LogP contribution in [0.2, 0.25) is 0 Å². The van der Waals surface area contributed by atoms with E-state index in [9.17, 15) is 0 Å². The first-order valence-electron chi connectivity index (χ1n) is 14.6. The highest BCUT2D eigenvalue weighted by atomic mass is 16.7. The van der Waals surface area contributed by atoms with Gasteiger partial charge in [0.05, 0.1) is 28.3 Å². The second-order valence-electron chi connectivity index (χ2n) is 12.4. The first-order valence-corrected chi connectivity index (χ1v) is 14.6. The summed E-state index contributed by atoms with van der Waals surface area (Å²) in [4.78, 5) is 0. The average molecular weight is 536 g/mol. The molecule has 5 heteroatoms. The van der Waals surface area contributed by atoms with Gasteiger partial charge in [0.2, 0.25) is 0 Å². The van der Waals surface area contributed by atoms with Crippen molar-refractivity contribution in [2.45, 2.75) is 51.4 Å². The summed E-state index contributed by atoms with van der Waals surface area (Å²) in [6.45, 7) is 8.52. The van der Waals surface area contributed by atoms with Crippen LogP contribution in [0.5, 0.6) is 0 Å². The number of aromatic nitrogens is 2. The molecule has 1 aliphatic heterocycles. The Morgan fingerprint density at radius 2 is 1.02 bits per heavy atom. The van der Waals surface area contributed by atoms with E-state index in [1.54, 1.807) is 0 Å². The number of allylic oxidation sites excluding steroid dienone is 4. The molecular weight excluding hydrogens is 503 g/mol. The first kappa shape index (κ1) is 24.7. The molecule has 4 aromatic carbocycles. The number of rotatable bonds is 3. The molecule has 0 bridgehead atoms. The molecule has 3 heterocycles. The Bertz CT molecular complexity index is 1940. The van der Waals surface area contributed by atoms with E-state index in [4.69, 9.17) is 9.31 Å². The average Bonchev–Trinajstić information content (AvgIpc) is 3.57. The van der Waals surface area contributed by atoms with Crippen LogP contribution >= 0.6 is 0 Å². The smallest absolute Gasteiger partial charge is 0.400 e. The topological polar surface area (TPSA) is 28.3 Å².